The van der Waals surface area contributed by atoms with Gasteiger partial charge in [0.15, 0.2) is 6.61 Å². The van der Waals surface area contributed by atoms with E-state index < -0.39 is 18.5 Å². The van der Waals surface area contributed by atoms with Crippen molar-refractivity contribution < 1.29 is 14.3 Å². The van der Waals surface area contributed by atoms with Gasteiger partial charge in [0.05, 0.1) is 26.3 Å². The van der Waals surface area contributed by atoms with Crippen LogP contribution in [0.3, 0.4) is 0 Å². The minimum absolute atomic E-state index is 0.0852. The van der Waals surface area contributed by atoms with E-state index in [4.69, 9.17) is 39.5 Å². The lowest BCUT2D eigenvalue weighted by Gasteiger charge is -2.12. The summed E-state index contributed by atoms with van der Waals surface area (Å²) in [6.45, 7) is 3.26. The fourth-order valence-corrected chi connectivity index (χ4v) is 2.87. The number of benzene rings is 2. The number of amides is 1. The highest BCUT2D eigenvalue weighted by molar-refractivity contribution is 6.43. The largest absolute Gasteiger partial charge is 0.452 e. The van der Waals surface area contributed by atoms with Crippen LogP contribution in [0.1, 0.15) is 21.5 Å². The average molecular weight is 387 g/mol. The van der Waals surface area contributed by atoms with E-state index >= 15 is 0 Å². The van der Waals surface area contributed by atoms with Crippen LogP contribution in [-0.4, -0.2) is 18.5 Å². The van der Waals surface area contributed by atoms with Gasteiger partial charge in [0.2, 0.25) is 0 Å². The number of halogens is 3. The number of anilines is 1. The number of ether oxygens (including phenoxy) is 1. The molecule has 126 valence electrons. The molecule has 0 spiro atoms. The molecule has 7 heteroatoms. The van der Waals surface area contributed by atoms with Crippen LogP contribution in [0.25, 0.3) is 0 Å². The van der Waals surface area contributed by atoms with Gasteiger partial charge in [0, 0.05) is 0 Å². The summed E-state index contributed by atoms with van der Waals surface area (Å²) in [4.78, 5) is 24.0. The van der Waals surface area contributed by atoms with Crippen LogP contribution in [0.4, 0.5) is 5.69 Å². The lowest BCUT2D eigenvalue weighted by molar-refractivity contribution is -0.119. The molecule has 0 heterocycles. The number of nitrogens with one attached hydrogen (secondary N) is 1. The van der Waals surface area contributed by atoms with Crippen molar-refractivity contribution in [1.82, 2.24) is 0 Å². The van der Waals surface area contributed by atoms with Crippen molar-refractivity contribution in [2.45, 2.75) is 13.8 Å². The Hall–Kier alpha value is -1.75. The normalized spacial score (nSPS) is 10.4. The molecule has 2 aromatic carbocycles. The van der Waals surface area contributed by atoms with Crippen LogP contribution in [0, 0.1) is 13.8 Å². The molecule has 24 heavy (non-hydrogen) atoms. The number of aryl methyl sites for hydroxylation is 2. The number of hydrogen-bond donors (Lipinski definition) is 1. The maximum Gasteiger partial charge on any atom is 0.340 e. The molecular weight excluding hydrogens is 373 g/mol. The first-order chi connectivity index (χ1) is 11.3. The molecule has 0 unspecified atom stereocenters. The van der Waals surface area contributed by atoms with Gasteiger partial charge in [-0.25, -0.2) is 4.79 Å². The summed E-state index contributed by atoms with van der Waals surface area (Å²) in [6.07, 6.45) is 0. The molecule has 1 amide bonds. The van der Waals surface area contributed by atoms with Gasteiger partial charge >= 0.3 is 5.97 Å². The van der Waals surface area contributed by atoms with E-state index in [2.05, 4.69) is 5.32 Å². The van der Waals surface area contributed by atoms with Crippen molar-refractivity contribution in [3.05, 3.63) is 62.1 Å². The van der Waals surface area contributed by atoms with Crippen LogP contribution in [0.15, 0.2) is 30.3 Å². The van der Waals surface area contributed by atoms with E-state index in [1.54, 1.807) is 18.2 Å². The van der Waals surface area contributed by atoms with Gasteiger partial charge in [-0.05, 0) is 43.2 Å². The molecule has 0 aromatic heterocycles. The van der Waals surface area contributed by atoms with E-state index in [0.29, 0.717) is 10.7 Å². The second kappa shape index (κ2) is 7.88. The lowest BCUT2D eigenvalue weighted by atomic mass is 10.1. The quantitative estimate of drug-likeness (QED) is 0.747. The predicted octanol–water partition coefficient (Wildman–Crippen LogP) is 5.06. The zero-order valence-electron chi connectivity index (χ0n) is 13.0. The Balaban J connectivity index is 2.01. The Kier molecular flexibility index (Phi) is 6.10. The molecule has 0 bridgehead atoms. The molecule has 0 fully saturated rings. The number of carbonyl (C=O) groups excluding carboxylic acids is 2. The van der Waals surface area contributed by atoms with E-state index in [9.17, 15) is 9.59 Å². The molecule has 2 aromatic rings. The van der Waals surface area contributed by atoms with Gasteiger partial charge in [0.1, 0.15) is 0 Å². The second-order valence-electron chi connectivity index (χ2n) is 5.16. The topological polar surface area (TPSA) is 55.4 Å². The van der Waals surface area contributed by atoms with Crippen molar-refractivity contribution >= 4 is 52.4 Å². The lowest BCUT2D eigenvalue weighted by Crippen LogP contribution is -2.21. The predicted molar refractivity (Wildman–Crippen MR) is 96.3 cm³/mol. The van der Waals surface area contributed by atoms with Gasteiger partial charge in [-0.3, -0.25) is 4.79 Å². The zero-order valence-corrected chi connectivity index (χ0v) is 15.2. The molecule has 0 aliphatic carbocycles. The van der Waals surface area contributed by atoms with Crippen molar-refractivity contribution in [1.29, 1.82) is 0 Å². The molecule has 4 nitrogen and oxygen atoms in total. The van der Waals surface area contributed by atoms with Crippen molar-refractivity contribution in [3.8, 4) is 0 Å². The molecule has 0 aliphatic heterocycles. The minimum atomic E-state index is -0.732. The summed E-state index contributed by atoms with van der Waals surface area (Å²) >= 11 is 17.9. The molecular formula is C17H14Cl3NO3. The standard InChI is InChI=1S/C17H14Cl3NO3/c1-9-6-10(2)16(13(19)7-9)21-14(22)8-24-17(23)11-4-3-5-12(18)15(11)20/h3-7H,8H2,1-2H3,(H,21,22). The SMILES string of the molecule is Cc1cc(C)c(NC(=O)COC(=O)c2cccc(Cl)c2Cl)c(Cl)c1. The van der Waals surface area contributed by atoms with E-state index in [1.807, 2.05) is 19.9 Å². The monoisotopic (exact) mass is 385 g/mol. The summed E-state index contributed by atoms with van der Waals surface area (Å²) in [7, 11) is 0. The number of carbonyl (C=O) groups is 2. The van der Waals surface area contributed by atoms with Gasteiger partial charge < -0.3 is 10.1 Å². The first-order valence-corrected chi connectivity index (χ1v) is 8.10. The summed E-state index contributed by atoms with van der Waals surface area (Å²) < 4.78 is 4.96. The molecule has 2 rings (SSSR count). The Labute approximate surface area is 154 Å². The minimum Gasteiger partial charge on any atom is -0.452 e. The number of rotatable bonds is 4. The molecule has 0 radical (unpaired) electrons. The summed E-state index contributed by atoms with van der Waals surface area (Å²) in [6, 6.07) is 8.21. The zero-order chi connectivity index (χ0) is 17.9. The number of esters is 1. The molecule has 1 N–H and O–H groups in total. The van der Waals surface area contributed by atoms with Crippen molar-refractivity contribution in [2.24, 2.45) is 0 Å². The number of hydrogen-bond acceptors (Lipinski definition) is 3. The van der Waals surface area contributed by atoms with Crippen LogP contribution in [-0.2, 0) is 9.53 Å². The third kappa shape index (κ3) is 4.41. The van der Waals surface area contributed by atoms with Gasteiger partial charge in [-0.2, -0.15) is 0 Å². The van der Waals surface area contributed by atoms with E-state index in [-0.39, 0.29) is 15.6 Å². The Bertz CT molecular complexity index is 783. The maximum atomic E-state index is 12.0. The third-order valence-electron chi connectivity index (χ3n) is 3.20. The third-order valence-corrected chi connectivity index (χ3v) is 4.32. The maximum absolute atomic E-state index is 12.0. The highest BCUT2D eigenvalue weighted by atomic mass is 35.5. The first kappa shape index (κ1) is 18.6. The first-order valence-electron chi connectivity index (χ1n) is 6.97. The highest BCUT2D eigenvalue weighted by Gasteiger charge is 2.16. The van der Waals surface area contributed by atoms with Gasteiger partial charge in [0.25, 0.3) is 5.91 Å². The van der Waals surface area contributed by atoms with Crippen LogP contribution < -0.4 is 5.32 Å². The van der Waals surface area contributed by atoms with Gasteiger partial charge in [-0.15, -0.1) is 0 Å². The molecule has 0 aliphatic rings. The van der Waals surface area contributed by atoms with Crippen molar-refractivity contribution in [3.63, 3.8) is 0 Å². The average Bonchev–Trinajstić information content (AvgIpc) is 2.51. The van der Waals surface area contributed by atoms with Crippen molar-refractivity contribution in [2.75, 3.05) is 11.9 Å². The van der Waals surface area contributed by atoms with Crippen LogP contribution in [0.2, 0.25) is 15.1 Å². The van der Waals surface area contributed by atoms with E-state index in [0.717, 1.165) is 11.1 Å². The Morgan fingerprint density at radius 1 is 1.08 bits per heavy atom. The van der Waals surface area contributed by atoms with Crippen LogP contribution in [0.5, 0.6) is 0 Å². The molecule has 0 atom stereocenters. The second-order valence-corrected chi connectivity index (χ2v) is 6.36. The summed E-state index contributed by atoms with van der Waals surface area (Å²) in [5.74, 6) is -1.24. The van der Waals surface area contributed by atoms with Crippen LogP contribution >= 0.6 is 34.8 Å². The smallest absolute Gasteiger partial charge is 0.340 e. The highest BCUT2D eigenvalue weighted by Crippen LogP contribution is 2.28. The Morgan fingerprint density at radius 2 is 1.79 bits per heavy atom. The molecule has 0 saturated heterocycles. The Morgan fingerprint density at radius 3 is 2.46 bits per heavy atom. The summed E-state index contributed by atoms with van der Waals surface area (Å²) in [5.41, 5.74) is 2.39. The summed E-state index contributed by atoms with van der Waals surface area (Å²) in [5, 5.41) is 3.37. The van der Waals surface area contributed by atoms with E-state index in [1.165, 1.54) is 6.07 Å². The fourth-order valence-electron chi connectivity index (χ4n) is 2.12. The van der Waals surface area contributed by atoms with Gasteiger partial charge in [-0.1, -0.05) is 46.9 Å². The fraction of sp³-hybridized carbons (Fsp3) is 0.176. The molecule has 0 saturated carbocycles.